The lowest BCUT2D eigenvalue weighted by molar-refractivity contribution is 0.178. The highest BCUT2D eigenvalue weighted by Gasteiger charge is 2.21. The largest absolute Gasteiger partial charge is 0.330 e. The molecule has 1 fully saturated rings. The number of nitrogens with zero attached hydrogens (tertiary/aromatic N) is 2. The highest BCUT2D eigenvalue weighted by atomic mass is 15.2. The van der Waals surface area contributed by atoms with Gasteiger partial charge in [0.1, 0.15) is 0 Å². The fourth-order valence-electron chi connectivity index (χ4n) is 3.66. The van der Waals surface area contributed by atoms with Crippen LogP contribution in [0.3, 0.4) is 0 Å². The van der Waals surface area contributed by atoms with Gasteiger partial charge >= 0.3 is 0 Å². The van der Waals surface area contributed by atoms with E-state index in [-0.39, 0.29) is 0 Å². The zero-order valence-corrected chi connectivity index (χ0v) is 14.8. The van der Waals surface area contributed by atoms with Crippen LogP contribution < -0.4 is 5.73 Å². The molecule has 0 amide bonds. The van der Waals surface area contributed by atoms with Crippen LogP contribution in [0.25, 0.3) is 0 Å². The van der Waals surface area contributed by atoms with Gasteiger partial charge in [0.05, 0.1) is 0 Å². The van der Waals surface area contributed by atoms with Gasteiger partial charge in [-0.15, -0.1) is 0 Å². The van der Waals surface area contributed by atoms with Gasteiger partial charge in [-0.2, -0.15) is 0 Å². The van der Waals surface area contributed by atoms with Gasteiger partial charge < -0.3 is 10.6 Å². The molecule has 3 heteroatoms. The lowest BCUT2D eigenvalue weighted by Gasteiger charge is -2.30. The highest BCUT2D eigenvalue weighted by molar-refractivity contribution is 4.77. The van der Waals surface area contributed by atoms with Crippen molar-refractivity contribution in [2.24, 2.45) is 11.7 Å². The first-order chi connectivity index (χ1) is 10.2. The minimum Gasteiger partial charge on any atom is -0.330 e. The van der Waals surface area contributed by atoms with Crippen molar-refractivity contribution in [3.8, 4) is 0 Å². The normalized spacial score (nSPS) is 21.1. The number of unbranched alkanes of at least 4 members (excludes halogenated alkanes) is 1. The van der Waals surface area contributed by atoms with Crippen LogP contribution in [-0.2, 0) is 0 Å². The standard InChI is InChI=1S/C18H39N3/c1-4-7-9-17(5-2)16-20-12-8-13-21(15-14-20)18(6-3)10-11-19/h17-18H,4-16,19H2,1-3H3. The first kappa shape index (κ1) is 18.9. The molecule has 3 nitrogen and oxygen atoms in total. The summed E-state index contributed by atoms with van der Waals surface area (Å²) in [4.78, 5) is 5.42. The molecule has 0 aromatic heterocycles. The van der Waals surface area contributed by atoms with Gasteiger partial charge in [0.25, 0.3) is 0 Å². The van der Waals surface area contributed by atoms with Crippen LogP contribution >= 0.6 is 0 Å². The zero-order chi connectivity index (χ0) is 15.5. The van der Waals surface area contributed by atoms with E-state index in [9.17, 15) is 0 Å². The summed E-state index contributed by atoms with van der Waals surface area (Å²) in [6.07, 6.45) is 9.21. The van der Waals surface area contributed by atoms with E-state index in [2.05, 4.69) is 30.6 Å². The molecule has 0 bridgehead atoms. The number of rotatable bonds is 10. The molecule has 0 aliphatic carbocycles. The van der Waals surface area contributed by atoms with E-state index >= 15 is 0 Å². The van der Waals surface area contributed by atoms with Crippen molar-refractivity contribution >= 4 is 0 Å². The summed E-state index contributed by atoms with van der Waals surface area (Å²) < 4.78 is 0. The second-order valence-electron chi connectivity index (χ2n) is 6.75. The maximum atomic E-state index is 5.77. The van der Waals surface area contributed by atoms with Crippen molar-refractivity contribution in [1.29, 1.82) is 0 Å². The van der Waals surface area contributed by atoms with E-state index in [4.69, 9.17) is 5.73 Å². The SMILES string of the molecule is CCCCC(CC)CN1CCCN(C(CC)CCN)CC1. The third-order valence-electron chi connectivity index (χ3n) is 5.17. The number of hydrogen-bond donors (Lipinski definition) is 1. The summed E-state index contributed by atoms with van der Waals surface area (Å²) in [6.45, 7) is 14.2. The minimum atomic E-state index is 0.706. The Hall–Kier alpha value is -0.120. The molecule has 1 heterocycles. The summed E-state index contributed by atoms with van der Waals surface area (Å²) in [5.74, 6) is 0.905. The molecule has 2 N–H and O–H groups in total. The average molecular weight is 298 g/mol. The van der Waals surface area contributed by atoms with E-state index in [0.29, 0.717) is 6.04 Å². The van der Waals surface area contributed by atoms with Crippen LogP contribution in [0.2, 0.25) is 0 Å². The van der Waals surface area contributed by atoms with E-state index in [1.165, 1.54) is 71.2 Å². The Morgan fingerprint density at radius 1 is 0.952 bits per heavy atom. The van der Waals surface area contributed by atoms with Gasteiger partial charge in [0, 0.05) is 25.7 Å². The molecule has 0 radical (unpaired) electrons. The third-order valence-corrected chi connectivity index (χ3v) is 5.17. The fraction of sp³-hybridized carbons (Fsp3) is 1.00. The second-order valence-corrected chi connectivity index (χ2v) is 6.75. The van der Waals surface area contributed by atoms with Crippen molar-refractivity contribution in [3.63, 3.8) is 0 Å². The maximum absolute atomic E-state index is 5.77. The van der Waals surface area contributed by atoms with Gasteiger partial charge in [0.15, 0.2) is 0 Å². The topological polar surface area (TPSA) is 32.5 Å². The molecule has 1 rings (SSSR count). The van der Waals surface area contributed by atoms with Crippen LogP contribution in [0.5, 0.6) is 0 Å². The van der Waals surface area contributed by atoms with E-state index in [1.807, 2.05) is 0 Å². The Morgan fingerprint density at radius 3 is 2.38 bits per heavy atom. The molecule has 0 aromatic rings. The van der Waals surface area contributed by atoms with Crippen LogP contribution in [0.4, 0.5) is 0 Å². The first-order valence-electron chi connectivity index (χ1n) is 9.41. The Morgan fingerprint density at radius 2 is 1.76 bits per heavy atom. The lowest BCUT2D eigenvalue weighted by atomic mass is 9.98. The molecule has 2 unspecified atom stereocenters. The Bertz CT molecular complexity index is 245. The van der Waals surface area contributed by atoms with Gasteiger partial charge in [0.2, 0.25) is 0 Å². The van der Waals surface area contributed by atoms with Crippen LogP contribution in [0.1, 0.15) is 65.7 Å². The van der Waals surface area contributed by atoms with E-state index in [1.54, 1.807) is 0 Å². The predicted molar refractivity (Wildman–Crippen MR) is 93.7 cm³/mol. The zero-order valence-electron chi connectivity index (χ0n) is 14.8. The fourth-order valence-corrected chi connectivity index (χ4v) is 3.66. The smallest absolute Gasteiger partial charge is 0.0112 e. The van der Waals surface area contributed by atoms with E-state index < -0.39 is 0 Å². The molecule has 1 aliphatic rings. The summed E-state index contributed by atoms with van der Waals surface area (Å²) in [6, 6.07) is 0.706. The van der Waals surface area contributed by atoms with Crippen LogP contribution in [0, 0.1) is 5.92 Å². The Labute approximate surface area is 133 Å². The highest BCUT2D eigenvalue weighted by Crippen LogP contribution is 2.17. The van der Waals surface area contributed by atoms with Gasteiger partial charge in [-0.1, -0.05) is 40.0 Å². The molecule has 21 heavy (non-hydrogen) atoms. The molecule has 0 aromatic carbocycles. The van der Waals surface area contributed by atoms with Gasteiger partial charge in [-0.05, 0) is 51.2 Å². The molecule has 1 aliphatic heterocycles. The van der Waals surface area contributed by atoms with Gasteiger partial charge in [-0.25, -0.2) is 0 Å². The number of hydrogen-bond acceptors (Lipinski definition) is 3. The Kier molecular flexibility index (Phi) is 10.3. The maximum Gasteiger partial charge on any atom is 0.0112 e. The Balaban J connectivity index is 2.40. The average Bonchev–Trinajstić information content (AvgIpc) is 2.74. The summed E-state index contributed by atoms with van der Waals surface area (Å²) in [5.41, 5.74) is 5.77. The molecule has 2 atom stereocenters. The van der Waals surface area contributed by atoms with Gasteiger partial charge in [-0.3, -0.25) is 4.90 Å². The van der Waals surface area contributed by atoms with Crippen molar-refractivity contribution < 1.29 is 0 Å². The van der Waals surface area contributed by atoms with Crippen molar-refractivity contribution in [1.82, 2.24) is 9.80 Å². The quantitative estimate of drug-likeness (QED) is 0.671. The third kappa shape index (κ3) is 7.12. The molecule has 1 saturated heterocycles. The minimum absolute atomic E-state index is 0.706. The second kappa shape index (κ2) is 11.4. The van der Waals surface area contributed by atoms with Crippen molar-refractivity contribution in [3.05, 3.63) is 0 Å². The van der Waals surface area contributed by atoms with Crippen LogP contribution in [-0.4, -0.2) is 55.1 Å². The number of nitrogens with two attached hydrogens (primary N) is 1. The summed E-state index contributed by atoms with van der Waals surface area (Å²) in [7, 11) is 0. The van der Waals surface area contributed by atoms with Crippen LogP contribution in [0.15, 0.2) is 0 Å². The van der Waals surface area contributed by atoms with Crippen molar-refractivity contribution in [2.75, 3.05) is 39.3 Å². The molecule has 0 spiro atoms. The lowest BCUT2D eigenvalue weighted by Crippen LogP contribution is -2.39. The molecular formula is C18H39N3. The van der Waals surface area contributed by atoms with Crippen molar-refractivity contribution in [2.45, 2.75) is 71.8 Å². The molecule has 126 valence electrons. The summed E-state index contributed by atoms with van der Waals surface area (Å²) in [5, 5.41) is 0. The van der Waals surface area contributed by atoms with E-state index in [0.717, 1.165) is 18.9 Å². The predicted octanol–water partition coefficient (Wildman–Crippen LogP) is 3.34. The molecular weight excluding hydrogens is 258 g/mol. The molecule has 0 saturated carbocycles. The summed E-state index contributed by atoms with van der Waals surface area (Å²) >= 11 is 0. The monoisotopic (exact) mass is 297 g/mol. The first-order valence-corrected chi connectivity index (χ1v) is 9.41.